The molecule has 4 heteroatoms. The van der Waals surface area contributed by atoms with Crippen molar-refractivity contribution in [2.24, 2.45) is 0 Å². The first kappa shape index (κ1) is 18.0. The van der Waals surface area contributed by atoms with E-state index in [4.69, 9.17) is 17.3 Å². The Kier molecular flexibility index (Phi) is 4.65. The Labute approximate surface area is 165 Å². The number of benzene rings is 2. The second-order valence-corrected chi connectivity index (χ2v) is 8.07. The summed E-state index contributed by atoms with van der Waals surface area (Å²) in [6.45, 7) is 4.25. The maximum Gasteiger partial charge on any atom is 0.220 e. The van der Waals surface area contributed by atoms with Gasteiger partial charge in [0.15, 0.2) is 0 Å². The molecule has 2 aromatic carbocycles. The lowest BCUT2D eigenvalue weighted by Gasteiger charge is -2.16. The molecule has 0 spiro atoms. The van der Waals surface area contributed by atoms with Crippen LogP contribution in [-0.2, 0) is 11.8 Å². The first-order valence-corrected chi connectivity index (χ1v) is 9.81. The number of nitrogens with two attached hydrogens (primary N) is 1. The molecule has 0 radical (unpaired) electrons. The maximum absolute atomic E-state index is 6.04. The van der Waals surface area contributed by atoms with Crippen molar-refractivity contribution in [3.8, 4) is 11.3 Å². The van der Waals surface area contributed by atoms with Gasteiger partial charge in [-0.25, -0.2) is 9.97 Å². The number of anilines is 1. The van der Waals surface area contributed by atoms with Crippen molar-refractivity contribution < 1.29 is 0 Å². The van der Waals surface area contributed by atoms with Crippen LogP contribution in [-0.4, -0.2) is 9.97 Å². The second-order valence-electron chi connectivity index (χ2n) is 7.64. The summed E-state index contributed by atoms with van der Waals surface area (Å²) in [5.74, 6) is 0.347. The van der Waals surface area contributed by atoms with Gasteiger partial charge in [-0.05, 0) is 79.8 Å². The molecule has 2 N–H and O–H groups in total. The van der Waals surface area contributed by atoms with Gasteiger partial charge in [0.1, 0.15) is 0 Å². The van der Waals surface area contributed by atoms with Crippen molar-refractivity contribution in [3.63, 3.8) is 0 Å². The Hall–Kier alpha value is -2.39. The number of aromatic nitrogens is 2. The number of nitrogens with zero attached hydrogens (tertiary/aromatic N) is 2. The third-order valence-electron chi connectivity index (χ3n) is 5.85. The summed E-state index contributed by atoms with van der Waals surface area (Å²) in [5, 5.41) is 0.788. The molecule has 3 nitrogen and oxygen atoms in total. The van der Waals surface area contributed by atoms with E-state index < -0.39 is 0 Å². The fourth-order valence-electron chi connectivity index (χ4n) is 3.82. The zero-order chi connectivity index (χ0) is 19.0. The van der Waals surface area contributed by atoms with E-state index in [9.17, 15) is 0 Å². The van der Waals surface area contributed by atoms with Crippen molar-refractivity contribution >= 4 is 17.5 Å². The van der Waals surface area contributed by atoms with Gasteiger partial charge in [0.2, 0.25) is 5.95 Å². The second kappa shape index (κ2) is 6.97. The smallest absolute Gasteiger partial charge is 0.220 e. The Morgan fingerprint density at radius 2 is 1.78 bits per heavy atom. The van der Waals surface area contributed by atoms with Gasteiger partial charge in [-0.15, -0.1) is 0 Å². The lowest BCUT2D eigenvalue weighted by Crippen LogP contribution is -2.10. The Balaban J connectivity index is 1.57. The highest BCUT2D eigenvalue weighted by molar-refractivity contribution is 6.30. The van der Waals surface area contributed by atoms with Crippen LogP contribution in [0.5, 0.6) is 0 Å². The summed E-state index contributed by atoms with van der Waals surface area (Å²) >= 11 is 6.04. The first-order valence-electron chi connectivity index (χ1n) is 9.43. The maximum atomic E-state index is 6.04. The highest BCUT2D eigenvalue weighted by atomic mass is 35.5. The predicted octanol–water partition coefficient (Wildman–Crippen LogP) is 5.66. The Morgan fingerprint density at radius 3 is 2.48 bits per heavy atom. The zero-order valence-electron chi connectivity index (χ0n) is 15.8. The average molecular weight is 378 g/mol. The van der Waals surface area contributed by atoms with Crippen LogP contribution in [0.15, 0.2) is 48.5 Å². The Morgan fingerprint density at radius 1 is 1.04 bits per heavy atom. The average Bonchev–Trinajstić information content (AvgIpc) is 3.44. The van der Waals surface area contributed by atoms with E-state index in [-0.39, 0.29) is 5.41 Å². The van der Waals surface area contributed by atoms with Gasteiger partial charge in [-0.3, -0.25) is 0 Å². The van der Waals surface area contributed by atoms with Gasteiger partial charge in [0.05, 0.1) is 5.69 Å². The molecule has 4 rings (SSSR count). The zero-order valence-corrected chi connectivity index (χ0v) is 16.6. The van der Waals surface area contributed by atoms with Gasteiger partial charge in [0.25, 0.3) is 0 Å². The summed E-state index contributed by atoms with van der Waals surface area (Å²) in [7, 11) is 0. The standard InChI is InChI=1S/C23H24ClN3/c1-15-4-3-5-20(16(15)2)21-14-19(26-22(25)27-21)10-11-23(12-13-23)17-6-8-18(24)9-7-17/h3-9,14H,10-13H2,1-2H3,(H2,25,26,27). The molecule has 27 heavy (non-hydrogen) atoms. The summed E-state index contributed by atoms with van der Waals surface area (Å²) in [6, 6.07) is 16.7. The molecule has 1 heterocycles. The van der Waals surface area contributed by atoms with Crippen molar-refractivity contribution in [1.29, 1.82) is 0 Å². The van der Waals surface area contributed by atoms with E-state index in [2.05, 4.69) is 60.2 Å². The Bertz CT molecular complexity index is 975. The van der Waals surface area contributed by atoms with E-state index in [0.29, 0.717) is 5.95 Å². The largest absolute Gasteiger partial charge is 0.368 e. The summed E-state index contributed by atoms with van der Waals surface area (Å²) in [5.41, 5.74) is 13.2. The molecule has 0 aliphatic heterocycles. The van der Waals surface area contributed by atoms with Crippen LogP contribution in [0.2, 0.25) is 5.02 Å². The van der Waals surface area contributed by atoms with E-state index in [1.54, 1.807) is 0 Å². The molecule has 0 unspecified atom stereocenters. The van der Waals surface area contributed by atoms with Crippen molar-refractivity contribution in [3.05, 3.63) is 75.9 Å². The molecule has 0 atom stereocenters. The topological polar surface area (TPSA) is 51.8 Å². The minimum absolute atomic E-state index is 0.268. The molecular weight excluding hydrogens is 354 g/mol. The third-order valence-corrected chi connectivity index (χ3v) is 6.10. The van der Waals surface area contributed by atoms with Crippen LogP contribution in [0.4, 0.5) is 5.95 Å². The van der Waals surface area contributed by atoms with Crippen LogP contribution in [0.25, 0.3) is 11.3 Å². The quantitative estimate of drug-likeness (QED) is 0.624. The van der Waals surface area contributed by atoms with Crippen LogP contribution in [0, 0.1) is 13.8 Å². The lowest BCUT2D eigenvalue weighted by molar-refractivity contribution is 0.612. The molecule has 1 fully saturated rings. The summed E-state index contributed by atoms with van der Waals surface area (Å²) in [4.78, 5) is 8.98. The number of hydrogen-bond acceptors (Lipinski definition) is 3. The molecule has 0 amide bonds. The molecule has 1 saturated carbocycles. The van der Waals surface area contributed by atoms with Crippen molar-refractivity contribution in [1.82, 2.24) is 9.97 Å². The first-order chi connectivity index (χ1) is 13.0. The molecule has 138 valence electrons. The SMILES string of the molecule is Cc1cccc(-c2cc(CCC3(c4ccc(Cl)cc4)CC3)nc(N)n2)c1C. The van der Waals surface area contributed by atoms with Gasteiger partial charge >= 0.3 is 0 Å². The fourth-order valence-corrected chi connectivity index (χ4v) is 3.94. The highest BCUT2D eigenvalue weighted by Crippen LogP contribution is 2.51. The molecule has 1 aliphatic rings. The van der Waals surface area contributed by atoms with Gasteiger partial charge in [-0.1, -0.05) is 41.9 Å². The van der Waals surface area contributed by atoms with Gasteiger partial charge in [-0.2, -0.15) is 0 Å². The summed E-state index contributed by atoms with van der Waals surface area (Å²) < 4.78 is 0. The minimum atomic E-state index is 0.268. The van der Waals surface area contributed by atoms with Crippen molar-refractivity contribution in [2.45, 2.75) is 44.9 Å². The van der Waals surface area contributed by atoms with Crippen molar-refractivity contribution in [2.75, 3.05) is 5.73 Å². The molecule has 1 aromatic heterocycles. The van der Waals surface area contributed by atoms with E-state index in [1.165, 1.54) is 29.5 Å². The number of nitrogen functional groups attached to an aromatic ring is 1. The van der Waals surface area contributed by atoms with Gasteiger partial charge < -0.3 is 5.73 Å². The minimum Gasteiger partial charge on any atom is -0.368 e. The molecule has 1 aliphatic carbocycles. The predicted molar refractivity (Wildman–Crippen MR) is 112 cm³/mol. The van der Waals surface area contributed by atoms with Crippen LogP contribution in [0.1, 0.15) is 41.6 Å². The van der Waals surface area contributed by atoms with E-state index in [0.717, 1.165) is 34.8 Å². The summed E-state index contributed by atoms with van der Waals surface area (Å²) in [6.07, 6.45) is 4.41. The number of hydrogen-bond donors (Lipinski definition) is 1. The van der Waals surface area contributed by atoms with Gasteiger partial charge in [0, 0.05) is 16.3 Å². The van der Waals surface area contributed by atoms with Crippen LogP contribution >= 0.6 is 11.6 Å². The van der Waals surface area contributed by atoms with E-state index in [1.807, 2.05) is 12.1 Å². The highest BCUT2D eigenvalue weighted by Gasteiger charge is 2.43. The number of rotatable bonds is 5. The number of halogens is 1. The molecule has 3 aromatic rings. The third kappa shape index (κ3) is 3.70. The normalized spacial score (nSPS) is 14.9. The van der Waals surface area contributed by atoms with Crippen LogP contribution in [0.3, 0.4) is 0 Å². The molecular formula is C23H24ClN3. The number of aryl methyl sites for hydroxylation is 2. The van der Waals surface area contributed by atoms with Crippen LogP contribution < -0.4 is 5.73 Å². The molecule has 0 saturated heterocycles. The van der Waals surface area contributed by atoms with E-state index >= 15 is 0 Å². The monoisotopic (exact) mass is 377 g/mol. The lowest BCUT2D eigenvalue weighted by atomic mass is 9.90. The molecule has 0 bridgehead atoms. The fraction of sp³-hybridized carbons (Fsp3) is 0.304.